The number of benzene rings is 3. The average molecular weight is 376 g/mol. The number of fused-ring (bicyclic) bond motifs is 21. The van der Waals surface area contributed by atoms with E-state index >= 15 is 0 Å². The topological polar surface area (TPSA) is 27.7 Å². The maximum atomic E-state index is 6.53. The lowest BCUT2D eigenvalue weighted by atomic mass is 9.78. The Bertz CT molecular complexity index is 1240. The Morgan fingerprint density at radius 2 is 0.793 bits per heavy atom. The van der Waals surface area contributed by atoms with Crippen LogP contribution in [0.5, 0.6) is 0 Å². The molecule has 0 fully saturated rings. The zero-order chi connectivity index (χ0) is 18.4. The van der Waals surface area contributed by atoms with E-state index in [9.17, 15) is 0 Å². The highest BCUT2D eigenvalue weighted by atomic mass is 16.5. The summed E-state index contributed by atoms with van der Waals surface area (Å²) in [6, 6.07) is 18.1. The Kier molecular flexibility index (Phi) is 2.16. The van der Waals surface area contributed by atoms with Crippen molar-refractivity contribution in [3.8, 4) is 0 Å². The van der Waals surface area contributed by atoms with E-state index in [1.165, 1.54) is 55.6 Å². The van der Waals surface area contributed by atoms with E-state index in [2.05, 4.69) is 60.7 Å². The van der Waals surface area contributed by atoms with Crippen LogP contribution in [-0.4, -0.2) is 0 Å². The molecule has 6 atom stereocenters. The van der Waals surface area contributed by atoms with Crippen LogP contribution in [0.1, 0.15) is 92.3 Å². The van der Waals surface area contributed by atoms with Gasteiger partial charge in [-0.2, -0.15) is 0 Å². The van der Waals surface area contributed by atoms with E-state index < -0.39 is 0 Å². The van der Waals surface area contributed by atoms with Gasteiger partial charge in [-0.1, -0.05) is 36.4 Å². The molecular formula is C26H16O3. The number of rotatable bonds is 0. The van der Waals surface area contributed by atoms with E-state index in [0.29, 0.717) is 0 Å². The standard InChI is InChI=1S/C26H16O3/c1-2-4-12-11(3-1)23-17-9-19-20(10-18(17)24(12)28-23)26-16-8-14-13(7-15(16)25(19)29-26)21-5-6-22(14)27-21/h1-10,21-26H. The second-order valence-corrected chi connectivity index (χ2v) is 9.00. The first-order valence-electron chi connectivity index (χ1n) is 10.4. The predicted molar refractivity (Wildman–Crippen MR) is 105 cm³/mol. The van der Waals surface area contributed by atoms with Crippen molar-refractivity contribution in [3.63, 3.8) is 0 Å². The molecule has 6 bridgehead atoms. The third kappa shape index (κ3) is 1.45. The third-order valence-corrected chi connectivity index (χ3v) is 7.74. The highest BCUT2D eigenvalue weighted by molar-refractivity contribution is 5.64. The normalized spacial score (nSPS) is 34.3. The molecule has 0 amide bonds. The van der Waals surface area contributed by atoms with Gasteiger partial charge in [0.15, 0.2) is 0 Å². The van der Waals surface area contributed by atoms with Gasteiger partial charge in [0.1, 0.15) is 36.6 Å². The van der Waals surface area contributed by atoms with Crippen molar-refractivity contribution in [1.82, 2.24) is 0 Å². The van der Waals surface area contributed by atoms with Crippen LogP contribution in [0.4, 0.5) is 0 Å². The summed E-state index contributed by atoms with van der Waals surface area (Å²) in [5.74, 6) is 0. The Morgan fingerprint density at radius 3 is 1.24 bits per heavy atom. The van der Waals surface area contributed by atoms with Crippen molar-refractivity contribution in [2.24, 2.45) is 0 Å². The maximum absolute atomic E-state index is 6.53. The summed E-state index contributed by atoms with van der Waals surface area (Å²) >= 11 is 0. The molecule has 29 heavy (non-hydrogen) atoms. The van der Waals surface area contributed by atoms with Crippen molar-refractivity contribution in [2.75, 3.05) is 0 Å². The van der Waals surface area contributed by atoms with Gasteiger partial charge in [-0.15, -0.1) is 0 Å². The number of hydrogen-bond donors (Lipinski definition) is 0. The first-order chi connectivity index (χ1) is 14.3. The minimum Gasteiger partial charge on any atom is -0.357 e. The fourth-order valence-electron chi connectivity index (χ4n) is 6.51. The molecule has 0 saturated heterocycles. The van der Waals surface area contributed by atoms with Gasteiger partial charge in [-0.05, 0) is 79.9 Å². The summed E-state index contributed by atoms with van der Waals surface area (Å²) in [5, 5.41) is 0. The fourth-order valence-corrected chi connectivity index (χ4v) is 6.51. The Hall–Kier alpha value is -2.72. The van der Waals surface area contributed by atoms with Gasteiger partial charge in [0.05, 0.1) is 0 Å². The molecule has 3 nitrogen and oxygen atoms in total. The molecule has 3 heteroatoms. The molecule has 0 spiro atoms. The highest BCUT2D eigenvalue weighted by Gasteiger charge is 2.49. The van der Waals surface area contributed by atoms with Crippen molar-refractivity contribution in [3.05, 3.63) is 116 Å². The predicted octanol–water partition coefficient (Wildman–Crippen LogP) is 5.41. The molecule has 138 valence electrons. The SMILES string of the molecule is C1=CC2OC1c1cc3c(cc12)C1OC3c2cc3c(cc21)C1OC3c2ccccc21. The quantitative estimate of drug-likeness (QED) is 0.491. The molecule has 0 aromatic heterocycles. The second-order valence-electron chi connectivity index (χ2n) is 9.00. The van der Waals surface area contributed by atoms with Gasteiger partial charge in [-0.3, -0.25) is 0 Å². The molecule has 9 rings (SSSR count). The summed E-state index contributed by atoms with van der Waals surface area (Å²) in [6.45, 7) is 0. The largest absolute Gasteiger partial charge is 0.357 e. The van der Waals surface area contributed by atoms with Gasteiger partial charge in [0, 0.05) is 0 Å². The molecular weight excluding hydrogens is 360 g/mol. The van der Waals surface area contributed by atoms with E-state index in [1.807, 2.05) is 0 Å². The van der Waals surface area contributed by atoms with Crippen LogP contribution in [0, 0.1) is 0 Å². The van der Waals surface area contributed by atoms with Crippen LogP contribution in [0.25, 0.3) is 0 Å². The molecule has 0 saturated carbocycles. The smallest absolute Gasteiger partial charge is 0.110 e. The van der Waals surface area contributed by atoms with Gasteiger partial charge < -0.3 is 14.2 Å². The summed E-state index contributed by atoms with van der Waals surface area (Å²) in [6.07, 6.45) is 4.84. The van der Waals surface area contributed by atoms with Crippen LogP contribution >= 0.6 is 0 Å². The van der Waals surface area contributed by atoms with Gasteiger partial charge in [0.25, 0.3) is 0 Å². The first-order valence-corrected chi connectivity index (χ1v) is 10.4. The van der Waals surface area contributed by atoms with Gasteiger partial charge in [0.2, 0.25) is 0 Å². The fraction of sp³-hybridized carbons (Fsp3) is 0.231. The van der Waals surface area contributed by atoms with E-state index in [0.717, 1.165) is 0 Å². The molecule has 0 aliphatic carbocycles. The van der Waals surface area contributed by atoms with Crippen molar-refractivity contribution >= 4 is 0 Å². The van der Waals surface area contributed by atoms with E-state index in [-0.39, 0.29) is 36.6 Å². The summed E-state index contributed by atoms with van der Waals surface area (Å²) in [4.78, 5) is 0. The molecule has 6 unspecified atom stereocenters. The highest BCUT2D eigenvalue weighted by Crippen LogP contribution is 2.61. The zero-order valence-corrected chi connectivity index (χ0v) is 15.5. The Labute approximate surface area is 167 Å². The monoisotopic (exact) mass is 376 g/mol. The van der Waals surface area contributed by atoms with Crippen molar-refractivity contribution in [1.29, 1.82) is 0 Å². The average Bonchev–Trinajstić information content (AvgIpc) is 3.59. The van der Waals surface area contributed by atoms with Crippen LogP contribution < -0.4 is 0 Å². The Balaban J connectivity index is 1.23. The van der Waals surface area contributed by atoms with Crippen molar-refractivity contribution in [2.45, 2.75) is 36.6 Å². The summed E-state index contributed by atoms with van der Waals surface area (Å²) in [5.41, 5.74) is 13.3. The lowest BCUT2D eigenvalue weighted by molar-refractivity contribution is 0.0807. The molecule has 3 aromatic rings. The molecule has 6 aliphatic heterocycles. The first kappa shape index (κ1) is 14.3. The van der Waals surface area contributed by atoms with Crippen LogP contribution in [0.2, 0.25) is 0 Å². The summed E-state index contributed by atoms with van der Waals surface area (Å²) < 4.78 is 19.0. The molecule has 6 heterocycles. The molecule has 6 aliphatic rings. The van der Waals surface area contributed by atoms with E-state index in [4.69, 9.17) is 14.2 Å². The number of ether oxygens (including phenoxy) is 3. The molecule has 3 aromatic carbocycles. The van der Waals surface area contributed by atoms with Gasteiger partial charge >= 0.3 is 0 Å². The lowest BCUT2D eigenvalue weighted by Crippen LogP contribution is -2.10. The second kappa shape index (κ2) is 4.39. The van der Waals surface area contributed by atoms with Crippen LogP contribution in [0.15, 0.2) is 60.7 Å². The third-order valence-electron chi connectivity index (χ3n) is 7.74. The van der Waals surface area contributed by atoms with E-state index in [1.54, 1.807) is 0 Å². The Morgan fingerprint density at radius 1 is 0.414 bits per heavy atom. The van der Waals surface area contributed by atoms with Gasteiger partial charge in [-0.25, -0.2) is 0 Å². The zero-order valence-electron chi connectivity index (χ0n) is 15.5. The lowest BCUT2D eigenvalue weighted by Gasteiger charge is -2.22. The molecule has 0 N–H and O–H groups in total. The number of hydrogen-bond acceptors (Lipinski definition) is 3. The minimum atomic E-state index is 0.0399. The maximum Gasteiger partial charge on any atom is 0.110 e. The van der Waals surface area contributed by atoms with Crippen LogP contribution in [0.3, 0.4) is 0 Å². The van der Waals surface area contributed by atoms with Crippen LogP contribution in [-0.2, 0) is 14.2 Å². The summed E-state index contributed by atoms with van der Waals surface area (Å²) in [7, 11) is 0. The minimum absolute atomic E-state index is 0.0399. The molecule has 0 radical (unpaired) electrons. The van der Waals surface area contributed by atoms with Crippen molar-refractivity contribution < 1.29 is 14.2 Å².